The molecule has 0 aromatic heterocycles. The van der Waals surface area contributed by atoms with E-state index in [1.807, 2.05) is 0 Å². The number of amides is 2. The molecular weight excluding hydrogens is 199 g/mol. The first-order valence-electron chi connectivity index (χ1n) is 3.50. The van der Waals surface area contributed by atoms with E-state index < -0.39 is 38.2 Å². The molecule has 0 aliphatic heterocycles. The molecule has 8 heteroatoms. The summed E-state index contributed by atoms with van der Waals surface area (Å²) in [6.45, 7) is -3.78. The molecule has 2 amide bonds. The standard InChI is InChI=1S/C5H15N2O5P/c6-5(12)7-13(1-8,2-9,3-10)4-11/h8-11H,1-4H2,(H3,6,7,12). The van der Waals surface area contributed by atoms with Crippen molar-refractivity contribution < 1.29 is 25.2 Å². The third-order valence-electron chi connectivity index (χ3n) is 1.91. The molecule has 7 N–H and O–H groups in total. The van der Waals surface area contributed by atoms with Crippen molar-refractivity contribution in [2.24, 2.45) is 5.73 Å². The first kappa shape index (κ1) is 12.5. The van der Waals surface area contributed by atoms with Crippen LogP contribution in [0, 0.1) is 0 Å². The Morgan fingerprint density at radius 2 is 1.38 bits per heavy atom. The molecule has 13 heavy (non-hydrogen) atoms. The predicted octanol–water partition coefficient (Wildman–Crippen LogP) is -2.08. The summed E-state index contributed by atoms with van der Waals surface area (Å²) in [6.07, 6.45) is -2.79. The molecule has 0 spiro atoms. The van der Waals surface area contributed by atoms with Gasteiger partial charge in [0.1, 0.15) is 0 Å². The number of hydrogen-bond acceptors (Lipinski definition) is 5. The van der Waals surface area contributed by atoms with Gasteiger partial charge < -0.3 is 0 Å². The summed E-state index contributed by atoms with van der Waals surface area (Å²) < 4.78 is 0. The van der Waals surface area contributed by atoms with E-state index in [1.54, 1.807) is 0 Å². The van der Waals surface area contributed by atoms with Crippen LogP contribution >= 0.6 is 6.75 Å². The van der Waals surface area contributed by atoms with Crippen molar-refractivity contribution in [3.63, 3.8) is 0 Å². The zero-order valence-corrected chi connectivity index (χ0v) is 7.94. The SMILES string of the molecule is NC(=O)NP(CO)(CO)(CO)CO. The molecular formula is C5H15N2O5P. The second-order valence-corrected chi connectivity index (χ2v) is 8.32. The number of rotatable bonds is 5. The molecule has 0 fully saturated rings. The van der Waals surface area contributed by atoms with Gasteiger partial charge in [-0.25, -0.2) is 0 Å². The molecule has 0 aliphatic carbocycles. The van der Waals surface area contributed by atoms with Gasteiger partial charge in [-0.3, -0.25) is 0 Å². The molecule has 0 saturated heterocycles. The van der Waals surface area contributed by atoms with Gasteiger partial charge in [-0.1, -0.05) is 0 Å². The summed E-state index contributed by atoms with van der Waals surface area (Å²) in [5.41, 5.74) is 4.80. The molecule has 0 unspecified atom stereocenters. The third-order valence-corrected chi connectivity index (χ3v) is 5.73. The molecule has 80 valence electrons. The van der Waals surface area contributed by atoms with Crippen molar-refractivity contribution in [1.82, 2.24) is 5.09 Å². The van der Waals surface area contributed by atoms with Gasteiger partial charge in [-0.15, -0.1) is 0 Å². The van der Waals surface area contributed by atoms with E-state index in [4.69, 9.17) is 26.2 Å². The summed E-state index contributed by atoms with van der Waals surface area (Å²) in [4.78, 5) is 10.6. The molecule has 0 aromatic rings. The van der Waals surface area contributed by atoms with Gasteiger partial charge in [0.25, 0.3) is 0 Å². The van der Waals surface area contributed by atoms with E-state index in [9.17, 15) is 4.79 Å². The van der Waals surface area contributed by atoms with Gasteiger partial charge in [0.2, 0.25) is 0 Å². The van der Waals surface area contributed by atoms with Crippen LogP contribution in [0.1, 0.15) is 0 Å². The number of aliphatic hydroxyl groups excluding tert-OH is 4. The number of aliphatic hydroxyl groups is 4. The summed E-state index contributed by atoms with van der Waals surface area (Å²) in [7, 11) is 0. The Kier molecular flexibility index (Phi) is 4.02. The second-order valence-electron chi connectivity index (χ2n) is 3.02. The van der Waals surface area contributed by atoms with E-state index in [-0.39, 0.29) is 0 Å². The maximum atomic E-state index is 10.6. The number of carbonyl (C=O) groups excluding carboxylic acids is 1. The van der Waals surface area contributed by atoms with Gasteiger partial charge in [0.15, 0.2) is 0 Å². The molecule has 0 rings (SSSR count). The summed E-state index contributed by atoms with van der Waals surface area (Å²) in [6, 6.07) is -0.996. The summed E-state index contributed by atoms with van der Waals surface area (Å²) in [5.74, 6) is 0. The van der Waals surface area contributed by atoms with Crippen molar-refractivity contribution in [3.05, 3.63) is 0 Å². The Labute approximate surface area is 75.2 Å². The monoisotopic (exact) mass is 214 g/mol. The average molecular weight is 214 g/mol. The molecule has 0 heterocycles. The zero-order chi connectivity index (χ0) is 10.6. The van der Waals surface area contributed by atoms with E-state index in [0.717, 1.165) is 0 Å². The van der Waals surface area contributed by atoms with Crippen LogP contribution in [0.3, 0.4) is 0 Å². The molecule has 0 aliphatic rings. The molecule has 0 saturated carbocycles. The van der Waals surface area contributed by atoms with Crippen LogP contribution in [0.25, 0.3) is 0 Å². The maximum absolute atomic E-state index is 10.6. The Bertz CT molecular complexity index is 172. The second kappa shape index (κ2) is 4.17. The van der Waals surface area contributed by atoms with Gasteiger partial charge in [0.05, 0.1) is 0 Å². The van der Waals surface area contributed by atoms with Crippen molar-refractivity contribution in [2.75, 3.05) is 25.4 Å². The first-order chi connectivity index (χ1) is 5.97. The Morgan fingerprint density at radius 1 is 1.08 bits per heavy atom. The molecule has 0 radical (unpaired) electrons. The summed E-state index contributed by atoms with van der Waals surface area (Å²) in [5, 5.41) is 38.0. The fraction of sp³-hybridized carbons (Fsp3) is 0.800. The van der Waals surface area contributed by atoms with Gasteiger partial charge in [0, 0.05) is 0 Å². The molecule has 0 bridgehead atoms. The van der Waals surface area contributed by atoms with Gasteiger partial charge >= 0.3 is 74.2 Å². The van der Waals surface area contributed by atoms with Gasteiger partial charge in [-0.2, -0.15) is 0 Å². The Morgan fingerprint density at radius 3 is 1.46 bits per heavy atom. The molecule has 7 nitrogen and oxygen atoms in total. The number of hydrogen-bond donors (Lipinski definition) is 6. The quantitative estimate of drug-likeness (QED) is 0.292. The Balaban J connectivity index is 4.94. The van der Waals surface area contributed by atoms with Crippen LogP contribution in [-0.2, 0) is 0 Å². The number of primary amides is 1. The van der Waals surface area contributed by atoms with Crippen LogP contribution < -0.4 is 10.8 Å². The minimum atomic E-state index is -3.78. The number of nitrogens with two attached hydrogens (primary N) is 1. The number of urea groups is 1. The minimum absolute atomic E-state index is 0.696. The van der Waals surface area contributed by atoms with E-state index in [1.165, 1.54) is 0 Å². The van der Waals surface area contributed by atoms with Crippen LogP contribution in [0.2, 0.25) is 0 Å². The van der Waals surface area contributed by atoms with Crippen LogP contribution in [0.5, 0.6) is 0 Å². The van der Waals surface area contributed by atoms with Crippen LogP contribution in [0.4, 0.5) is 4.79 Å². The topological polar surface area (TPSA) is 136 Å². The third kappa shape index (κ3) is 2.26. The van der Waals surface area contributed by atoms with Crippen molar-refractivity contribution in [2.45, 2.75) is 0 Å². The van der Waals surface area contributed by atoms with Crippen molar-refractivity contribution in [1.29, 1.82) is 0 Å². The average Bonchev–Trinajstić information content (AvgIpc) is 2.15. The zero-order valence-electron chi connectivity index (χ0n) is 7.05. The van der Waals surface area contributed by atoms with Crippen LogP contribution in [0.15, 0.2) is 0 Å². The normalized spacial score (nSPS) is 14.6. The van der Waals surface area contributed by atoms with Crippen molar-refractivity contribution in [3.8, 4) is 0 Å². The predicted molar refractivity (Wildman–Crippen MR) is 48.0 cm³/mol. The van der Waals surface area contributed by atoms with E-state index in [2.05, 4.69) is 5.09 Å². The fourth-order valence-corrected chi connectivity index (χ4v) is 2.16. The van der Waals surface area contributed by atoms with E-state index in [0.29, 0.717) is 0 Å². The van der Waals surface area contributed by atoms with Crippen molar-refractivity contribution >= 4 is 12.8 Å². The fourth-order valence-electron chi connectivity index (χ4n) is 0.721. The van der Waals surface area contributed by atoms with Crippen LogP contribution in [-0.4, -0.2) is 51.8 Å². The molecule has 0 atom stereocenters. The molecule has 0 aromatic carbocycles. The number of carbonyl (C=O) groups is 1. The number of nitrogens with one attached hydrogen (secondary N) is 1. The summed E-state index contributed by atoms with van der Waals surface area (Å²) >= 11 is 0. The Hall–Kier alpha value is -0.460. The first-order valence-corrected chi connectivity index (χ1v) is 6.47. The van der Waals surface area contributed by atoms with Gasteiger partial charge in [-0.05, 0) is 0 Å². The van der Waals surface area contributed by atoms with E-state index >= 15 is 0 Å².